The highest BCUT2D eigenvalue weighted by atomic mass is 16.5. The molecule has 1 aromatic heterocycles. The summed E-state index contributed by atoms with van der Waals surface area (Å²) in [5.41, 5.74) is -0.102. The third-order valence-electron chi connectivity index (χ3n) is 3.18. The van der Waals surface area contributed by atoms with E-state index in [2.05, 4.69) is 15.8 Å². The summed E-state index contributed by atoms with van der Waals surface area (Å²) in [7, 11) is 0. The SMILES string of the molecule is CC(C)(C)c1cc(NC(=O)NC2CCCC2)no1. The first kappa shape index (κ1) is 12.9. The van der Waals surface area contributed by atoms with Crippen LogP contribution < -0.4 is 10.6 Å². The van der Waals surface area contributed by atoms with Crippen molar-refractivity contribution in [3.05, 3.63) is 11.8 Å². The van der Waals surface area contributed by atoms with Gasteiger partial charge in [0.15, 0.2) is 5.82 Å². The van der Waals surface area contributed by atoms with Crippen molar-refractivity contribution in [2.45, 2.75) is 57.9 Å². The molecule has 100 valence electrons. The number of amides is 2. The van der Waals surface area contributed by atoms with Crippen LogP contribution >= 0.6 is 0 Å². The van der Waals surface area contributed by atoms with Gasteiger partial charge in [-0.2, -0.15) is 0 Å². The van der Waals surface area contributed by atoms with Gasteiger partial charge in [-0.25, -0.2) is 4.79 Å². The number of rotatable bonds is 2. The molecule has 1 saturated carbocycles. The van der Waals surface area contributed by atoms with Crippen LogP contribution in [0.5, 0.6) is 0 Å². The number of urea groups is 1. The molecule has 0 radical (unpaired) electrons. The van der Waals surface area contributed by atoms with Crippen LogP contribution in [0.1, 0.15) is 52.2 Å². The van der Waals surface area contributed by atoms with Crippen LogP contribution in [0.4, 0.5) is 10.6 Å². The highest BCUT2D eigenvalue weighted by Gasteiger charge is 2.21. The second-order valence-electron chi connectivity index (χ2n) is 5.91. The van der Waals surface area contributed by atoms with Gasteiger partial charge in [0.05, 0.1) is 0 Å². The summed E-state index contributed by atoms with van der Waals surface area (Å²) in [6.07, 6.45) is 4.53. The number of nitrogens with one attached hydrogen (secondary N) is 2. The van der Waals surface area contributed by atoms with Crippen LogP contribution in [0.2, 0.25) is 0 Å². The Kier molecular flexibility index (Phi) is 3.59. The molecule has 0 unspecified atom stereocenters. The van der Waals surface area contributed by atoms with Gasteiger partial charge in [0.1, 0.15) is 5.76 Å². The molecule has 2 amide bonds. The first-order valence-corrected chi connectivity index (χ1v) is 6.50. The lowest BCUT2D eigenvalue weighted by molar-refractivity contribution is 0.248. The molecule has 0 spiro atoms. The zero-order valence-electron chi connectivity index (χ0n) is 11.2. The maximum atomic E-state index is 11.7. The fourth-order valence-corrected chi connectivity index (χ4v) is 2.10. The van der Waals surface area contributed by atoms with E-state index >= 15 is 0 Å². The molecule has 0 aliphatic heterocycles. The van der Waals surface area contributed by atoms with Crippen molar-refractivity contribution in [1.82, 2.24) is 10.5 Å². The second kappa shape index (κ2) is 5.00. The van der Waals surface area contributed by atoms with E-state index in [1.54, 1.807) is 6.07 Å². The van der Waals surface area contributed by atoms with Crippen molar-refractivity contribution in [3.8, 4) is 0 Å². The van der Waals surface area contributed by atoms with E-state index in [-0.39, 0.29) is 11.4 Å². The molecule has 1 aromatic rings. The summed E-state index contributed by atoms with van der Waals surface area (Å²) >= 11 is 0. The average Bonchev–Trinajstić information content (AvgIpc) is 2.87. The van der Waals surface area contributed by atoms with Gasteiger partial charge in [-0.1, -0.05) is 38.8 Å². The molecule has 2 rings (SSSR count). The van der Waals surface area contributed by atoms with Crippen LogP contribution in [0, 0.1) is 0 Å². The lowest BCUT2D eigenvalue weighted by Gasteiger charge is -2.12. The highest BCUT2D eigenvalue weighted by Crippen LogP contribution is 2.24. The Morgan fingerprint density at radius 3 is 2.61 bits per heavy atom. The summed E-state index contributed by atoms with van der Waals surface area (Å²) in [5, 5.41) is 9.50. The average molecular weight is 251 g/mol. The predicted octanol–water partition coefficient (Wildman–Crippen LogP) is 3.04. The van der Waals surface area contributed by atoms with Crippen LogP contribution in [-0.4, -0.2) is 17.2 Å². The zero-order valence-corrected chi connectivity index (χ0v) is 11.2. The minimum atomic E-state index is -0.198. The van der Waals surface area contributed by atoms with E-state index in [0.717, 1.165) is 18.6 Å². The van der Waals surface area contributed by atoms with Gasteiger partial charge in [0.25, 0.3) is 0 Å². The number of hydrogen-bond donors (Lipinski definition) is 2. The highest BCUT2D eigenvalue weighted by molar-refractivity contribution is 5.88. The Labute approximate surface area is 107 Å². The molecule has 1 aliphatic carbocycles. The first-order valence-electron chi connectivity index (χ1n) is 6.50. The van der Waals surface area contributed by atoms with Gasteiger partial charge in [-0.05, 0) is 12.8 Å². The molecule has 0 bridgehead atoms. The Bertz CT molecular complexity index is 414. The van der Waals surface area contributed by atoms with E-state index in [1.165, 1.54) is 12.8 Å². The van der Waals surface area contributed by atoms with Gasteiger partial charge in [-0.15, -0.1) is 0 Å². The largest absolute Gasteiger partial charge is 0.359 e. The normalized spacial score (nSPS) is 16.8. The minimum Gasteiger partial charge on any atom is -0.359 e. The lowest BCUT2D eigenvalue weighted by atomic mass is 9.93. The van der Waals surface area contributed by atoms with Gasteiger partial charge >= 0.3 is 6.03 Å². The standard InChI is InChI=1S/C13H21N3O2/c1-13(2,3)10-8-11(16-18-10)15-12(17)14-9-6-4-5-7-9/h8-9H,4-7H2,1-3H3,(H2,14,15,16,17). The van der Waals surface area contributed by atoms with E-state index < -0.39 is 0 Å². The molecule has 1 heterocycles. The molecular formula is C13H21N3O2. The second-order valence-corrected chi connectivity index (χ2v) is 5.91. The van der Waals surface area contributed by atoms with Crippen LogP contribution in [0.25, 0.3) is 0 Å². The summed E-state index contributed by atoms with van der Waals surface area (Å²) in [4.78, 5) is 11.7. The fraction of sp³-hybridized carbons (Fsp3) is 0.692. The summed E-state index contributed by atoms with van der Waals surface area (Å²) in [6, 6.07) is 1.88. The summed E-state index contributed by atoms with van der Waals surface area (Å²) in [5.74, 6) is 1.23. The van der Waals surface area contributed by atoms with Crippen LogP contribution in [0.15, 0.2) is 10.6 Å². The van der Waals surface area contributed by atoms with Gasteiger partial charge < -0.3 is 9.84 Å². The topological polar surface area (TPSA) is 67.2 Å². The number of aromatic nitrogens is 1. The Morgan fingerprint density at radius 1 is 1.39 bits per heavy atom. The number of carbonyl (C=O) groups is 1. The molecule has 2 N–H and O–H groups in total. The van der Waals surface area contributed by atoms with Crippen molar-refractivity contribution >= 4 is 11.8 Å². The number of nitrogens with zero attached hydrogens (tertiary/aromatic N) is 1. The summed E-state index contributed by atoms with van der Waals surface area (Å²) < 4.78 is 5.21. The van der Waals surface area contributed by atoms with E-state index in [0.29, 0.717) is 11.9 Å². The number of anilines is 1. The van der Waals surface area contributed by atoms with Crippen molar-refractivity contribution in [2.75, 3.05) is 5.32 Å². The molecule has 5 nitrogen and oxygen atoms in total. The molecule has 1 aliphatic rings. The molecule has 18 heavy (non-hydrogen) atoms. The zero-order chi connectivity index (χ0) is 13.2. The van der Waals surface area contributed by atoms with Crippen molar-refractivity contribution in [1.29, 1.82) is 0 Å². The molecular weight excluding hydrogens is 230 g/mol. The molecule has 0 aromatic carbocycles. The van der Waals surface area contributed by atoms with E-state index in [1.807, 2.05) is 20.8 Å². The maximum absolute atomic E-state index is 11.7. The van der Waals surface area contributed by atoms with Gasteiger partial charge in [-0.3, -0.25) is 5.32 Å². The van der Waals surface area contributed by atoms with E-state index in [4.69, 9.17) is 4.52 Å². The molecule has 5 heteroatoms. The third-order valence-corrected chi connectivity index (χ3v) is 3.18. The molecule has 0 atom stereocenters. The summed E-state index contributed by atoms with van der Waals surface area (Å²) in [6.45, 7) is 6.11. The van der Waals surface area contributed by atoms with Gasteiger partial charge in [0, 0.05) is 17.5 Å². The minimum absolute atomic E-state index is 0.102. The Balaban J connectivity index is 1.88. The first-order chi connectivity index (χ1) is 8.45. The van der Waals surface area contributed by atoms with E-state index in [9.17, 15) is 4.79 Å². The molecule has 0 saturated heterocycles. The smallest absolute Gasteiger partial charge is 0.320 e. The lowest BCUT2D eigenvalue weighted by Crippen LogP contribution is -2.36. The van der Waals surface area contributed by atoms with Gasteiger partial charge in [0.2, 0.25) is 0 Å². The van der Waals surface area contributed by atoms with Crippen molar-refractivity contribution < 1.29 is 9.32 Å². The van der Waals surface area contributed by atoms with Crippen molar-refractivity contribution in [3.63, 3.8) is 0 Å². The van der Waals surface area contributed by atoms with Crippen LogP contribution in [0.3, 0.4) is 0 Å². The number of hydrogen-bond acceptors (Lipinski definition) is 3. The Hall–Kier alpha value is -1.52. The quantitative estimate of drug-likeness (QED) is 0.849. The van der Waals surface area contributed by atoms with Crippen molar-refractivity contribution in [2.24, 2.45) is 0 Å². The monoisotopic (exact) mass is 251 g/mol. The maximum Gasteiger partial charge on any atom is 0.320 e. The van der Waals surface area contributed by atoms with Crippen LogP contribution in [-0.2, 0) is 5.41 Å². The fourth-order valence-electron chi connectivity index (χ4n) is 2.10. The molecule has 1 fully saturated rings. The Morgan fingerprint density at radius 2 is 2.06 bits per heavy atom. The predicted molar refractivity (Wildman–Crippen MR) is 69.6 cm³/mol. The third kappa shape index (κ3) is 3.24. The number of carbonyl (C=O) groups excluding carboxylic acids is 1.